The van der Waals surface area contributed by atoms with E-state index in [0.29, 0.717) is 0 Å². The molecule has 0 saturated heterocycles. The SMILES string of the molecule is CN1Cc2ccc(NC=C(C#N)C#N)cc2C1. The maximum Gasteiger partial charge on any atom is 0.145 e. The highest BCUT2D eigenvalue weighted by Gasteiger charge is 2.14. The molecular formula is C13H12N4. The Morgan fingerprint density at radius 2 is 2.00 bits per heavy atom. The van der Waals surface area contributed by atoms with E-state index in [2.05, 4.69) is 29.4 Å². The van der Waals surface area contributed by atoms with Gasteiger partial charge in [-0.05, 0) is 30.3 Å². The quantitative estimate of drug-likeness (QED) is 0.780. The summed E-state index contributed by atoms with van der Waals surface area (Å²) in [4.78, 5) is 2.24. The van der Waals surface area contributed by atoms with Crippen LogP contribution in [0.25, 0.3) is 0 Å². The van der Waals surface area contributed by atoms with E-state index < -0.39 is 0 Å². The highest BCUT2D eigenvalue weighted by Crippen LogP contribution is 2.24. The third-order valence-electron chi connectivity index (χ3n) is 2.71. The number of rotatable bonds is 2. The summed E-state index contributed by atoms with van der Waals surface area (Å²) in [6.45, 7) is 1.92. The molecule has 0 spiro atoms. The molecule has 84 valence electrons. The molecule has 0 atom stereocenters. The third kappa shape index (κ3) is 2.44. The number of benzene rings is 1. The number of hydrogen-bond acceptors (Lipinski definition) is 4. The van der Waals surface area contributed by atoms with Crippen molar-refractivity contribution in [2.24, 2.45) is 0 Å². The van der Waals surface area contributed by atoms with Crippen LogP contribution in [0.3, 0.4) is 0 Å². The van der Waals surface area contributed by atoms with Crippen molar-refractivity contribution in [3.05, 3.63) is 41.1 Å². The zero-order valence-electron chi connectivity index (χ0n) is 9.57. The molecule has 0 amide bonds. The Labute approximate surface area is 100 Å². The minimum atomic E-state index is 0.0719. The van der Waals surface area contributed by atoms with Gasteiger partial charge < -0.3 is 5.32 Å². The van der Waals surface area contributed by atoms with E-state index in [-0.39, 0.29) is 5.57 Å². The molecule has 0 aromatic heterocycles. The summed E-state index contributed by atoms with van der Waals surface area (Å²) in [6, 6.07) is 9.71. The average Bonchev–Trinajstić information content (AvgIpc) is 2.69. The largest absolute Gasteiger partial charge is 0.360 e. The Bertz CT molecular complexity index is 530. The van der Waals surface area contributed by atoms with Crippen LogP contribution in [0.5, 0.6) is 0 Å². The first kappa shape index (κ1) is 11.2. The minimum absolute atomic E-state index is 0.0719. The number of hydrogen-bond donors (Lipinski definition) is 1. The fourth-order valence-electron chi connectivity index (χ4n) is 1.90. The lowest BCUT2D eigenvalue weighted by Crippen LogP contribution is -2.07. The molecule has 0 radical (unpaired) electrons. The monoisotopic (exact) mass is 224 g/mol. The molecule has 4 nitrogen and oxygen atoms in total. The van der Waals surface area contributed by atoms with Crippen LogP contribution in [0, 0.1) is 22.7 Å². The lowest BCUT2D eigenvalue weighted by Gasteiger charge is -2.03. The van der Waals surface area contributed by atoms with Gasteiger partial charge in [0.05, 0.1) is 0 Å². The summed E-state index contributed by atoms with van der Waals surface area (Å²) in [6.07, 6.45) is 1.43. The Morgan fingerprint density at radius 3 is 2.71 bits per heavy atom. The fourth-order valence-corrected chi connectivity index (χ4v) is 1.90. The molecule has 1 aromatic carbocycles. The summed E-state index contributed by atoms with van der Waals surface area (Å²) in [5, 5.41) is 20.2. The van der Waals surface area contributed by atoms with Crippen molar-refractivity contribution in [3.8, 4) is 12.1 Å². The van der Waals surface area contributed by atoms with Gasteiger partial charge in [-0.25, -0.2) is 0 Å². The highest BCUT2D eigenvalue weighted by molar-refractivity contribution is 5.53. The Balaban J connectivity index is 2.16. The number of anilines is 1. The van der Waals surface area contributed by atoms with Crippen LogP contribution in [-0.4, -0.2) is 11.9 Å². The van der Waals surface area contributed by atoms with Gasteiger partial charge in [-0.15, -0.1) is 0 Å². The average molecular weight is 224 g/mol. The van der Waals surface area contributed by atoms with Crippen molar-refractivity contribution in [1.29, 1.82) is 10.5 Å². The molecule has 0 saturated carbocycles. The van der Waals surface area contributed by atoms with Gasteiger partial charge in [-0.3, -0.25) is 4.90 Å². The topological polar surface area (TPSA) is 62.9 Å². The van der Waals surface area contributed by atoms with Crippen LogP contribution in [0.4, 0.5) is 5.69 Å². The second-order valence-electron chi connectivity index (χ2n) is 4.08. The van der Waals surface area contributed by atoms with Gasteiger partial charge in [-0.2, -0.15) is 10.5 Å². The van der Waals surface area contributed by atoms with Crippen LogP contribution in [0.2, 0.25) is 0 Å². The first-order chi connectivity index (χ1) is 8.22. The van der Waals surface area contributed by atoms with E-state index in [1.807, 2.05) is 18.2 Å². The predicted octanol–water partition coefficient (Wildman–Crippen LogP) is 1.97. The molecule has 1 heterocycles. The highest BCUT2D eigenvalue weighted by atomic mass is 15.1. The lowest BCUT2D eigenvalue weighted by atomic mass is 10.1. The summed E-state index contributed by atoms with van der Waals surface area (Å²) >= 11 is 0. The van der Waals surface area contributed by atoms with E-state index >= 15 is 0 Å². The number of nitrogens with one attached hydrogen (secondary N) is 1. The Morgan fingerprint density at radius 1 is 1.29 bits per heavy atom. The van der Waals surface area contributed by atoms with E-state index in [1.165, 1.54) is 17.3 Å². The van der Waals surface area contributed by atoms with Crippen LogP contribution < -0.4 is 5.32 Å². The minimum Gasteiger partial charge on any atom is -0.360 e. The Kier molecular flexibility index (Phi) is 3.09. The van der Waals surface area contributed by atoms with E-state index in [0.717, 1.165) is 18.8 Å². The van der Waals surface area contributed by atoms with Crippen molar-refractivity contribution < 1.29 is 0 Å². The first-order valence-electron chi connectivity index (χ1n) is 5.30. The van der Waals surface area contributed by atoms with Gasteiger partial charge in [0.15, 0.2) is 0 Å². The zero-order chi connectivity index (χ0) is 12.3. The lowest BCUT2D eigenvalue weighted by molar-refractivity contribution is 0.353. The fraction of sp³-hybridized carbons (Fsp3) is 0.231. The number of allylic oxidation sites excluding steroid dienone is 1. The van der Waals surface area contributed by atoms with Gasteiger partial charge in [0, 0.05) is 25.0 Å². The van der Waals surface area contributed by atoms with Crippen LogP contribution in [0.1, 0.15) is 11.1 Å². The second kappa shape index (κ2) is 4.69. The summed E-state index contributed by atoms with van der Waals surface area (Å²) < 4.78 is 0. The molecule has 2 rings (SSSR count). The third-order valence-corrected chi connectivity index (χ3v) is 2.71. The maximum absolute atomic E-state index is 8.61. The van der Waals surface area contributed by atoms with Gasteiger partial charge >= 0.3 is 0 Å². The maximum atomic E-state index is 8.61. The van der Waals surface area contributed by atoms with E-state index in [4.69, 9.17) is 10.5 Å². The molecular weight excluding hydrogens is 212 g/mol. The Hall–Kier alpha value is -2.30. The van der Waals surface area contributed by atoms with Gasteiger partial charge in [0.1, 0.15) is 17.7 Å². The molecule has 4 heteroatoms. The van der Waals surface area contributed by atoms with Crippen molar-refractivity contribution in [2.45, 2.75) is 13.1 Å². The molecule has 1 N–H and O–H groups in total. The van der Waals surface area contributed by atoms with E-state index in [9.17, 15) is 0 Å². The first-order valence-corrected chi connectivity index (χ1v) is 5.30. The second-order valence-corrected chi connectivity index (χ2v) is 4.08. The molecule has 0 unspecified atom stereocenters. The van der Waals surface area contributed by atoms with Gasteiger partial charge in [0.25, 0.3) is 0 Å². The van der Waals surface area contributed by atoms with Crippen LogP contribution >= 0.6 is 0 Å². The summed E-state index contributed by atoms with van der Waals surface area (Å²) in [5.74, 6) is 0. The standard InChI is InChI=1S/C13H12N4/c1-17-8-11-2-3-13(4-12(11)9-17)16-7-10(5-14)6-15/h2-4,7,16H,8-9H2,1H3. The smallest absolute Gasteiger partial charge is 0.145 e. The zero-order valence-corrected chi connectivity index (χ0v) is 9.57. The van der Waals surface area contributed by atoms with Crippen molar-refractivity contribution in [3.63, 3.8) is 0 Å². The molecule has 0 aliphatic carbocycles. The van der Waals surface area contributed by atoms with Crippen LogP contribution in [-0.2, 0) is 13.1 Å². The number of fused-ring (bicyclic) bond motifs is 1. The molecule has 1 aliphatic heterocycles. The summed E-state index contributed by atoms with van der Waals surface area (Å²) in [5.41, 5.74) is 3.61. The summed E-state index contributed by atoms with van der Waals surface area (Å²) in [7, 11) is 2.08. The molecule has 1 aliphatic rings. The van der Waals surface area contributed by atoms with Gasteiger partial charge in [0.2, 0.25) is 0 Å². The van der Waals surface area contributed by atoms with Crippen molar-refractivity contribution in [1.82, 2.24) is 4.90 Å². The number of nitriles is 2. The van der Waals surface area contributed by atoms with Crippen molar-refractivity contribution >= 4 is 5.69 Å². The predicted molar refractivity (Wildman–Crippen MR) is 64.5 cm³/mol. The molecule has 0 bridgehead atoms. The molecule has 1 aromatic rings. The van der Waals surface area contributed by atoms with Crippen LogP contribution in [0.15, 0.2) is 30.0 Å². The van der Waals surface area contributed by atoms with Gasteiger partial charge in [-0.1, -0.05) is 6.07 Å². The molecule has 0 fully saturated rings. The normalized spacial score (nSPS) is 13.4. The van der Waals surface area contributed by atoms with Crippen molar-refractivity contribution in [2.75, 3.05) is 12.4 Å². The number of nitrogens with zero attached hydrogens (tertiary/aromatic N) is 3. The van der Waals surface area contributed by atoms with E-state index in [1.54, 1.807) is 0 Å². The molecule has 17 heavy (non-hydrogen) atoms.